The Morgan fingerprint density at radius 2 is 2.11 bits per heavy atom. The van der Waals surface area contributed by atoms with Crippen LogP contribution in [0, 0.1) is 11.8 Å². The van der Waals surface area contributed by atoms with Gasteiger partial charge >= 0.3 is 0 Å². The lowest BCUT2D eigenvalue weighted by Gasteiger charge is -2.04. The molecule has 0 aliphatic carbocycles. The van der Waals surface area contributed by atoms with E-state index < -0.39 is 0 Å². The van der Waals surface area contributed by atoms with Crippen LogP contribution >= 0.6 is 11.6 Å². The minimum absolute atomic E-state index is 0.126. The second-order valence-corrected chi connectivity index (χ2v) is 4.28. The lowest BCUT2D eigenvalue weighted by atomic mass is 10.1. The van der Waals surface area contributed by atoms with Crippen molar-refractivity contribution in [1.82, 2.24) is 4.98 Å². The van der Waals surface area contributed by atoms with Gasteiger partial charge in [0.05, 0.1) is 16.3 Å². The zero-order valence-corrected chi connectivity index (χ0v) is 10.6. The number of aromatic nitrogens is 1. The van der Waals surface area contributed by atoms with Crippen molar-refractivity contribution in [3.63, 3.8) is 0 Å². The van der Waals surface area contributed by atoms with Gasteiger partial charge in [0.15, 0.2) is 11.5 Å². The quantitative estimate of drug-likeness (QED) is 0.591. The number of halogens is 1. The van der Waals surface area contributed by atoms with Crippen LogP contribution in [-0.2, 0) is 0 Å². The van der Waals surface area contributed by atoms with E-state index in [4.69, 9.17) is 26.8 Å². The molecule has 1 aliphatic heterocycles. The van der Waals surface area contributed by atoms with E-state index in [-0.39, 0.29) is 6.79 Å². The molecule has 0 unspecified atom stereocenters. The summed E-state index contributed by atoms with van der Waals surface area (Å²) in [6.45, 7) is 0.126. The van der Waals surface area contributed by atoms with Gasteiger partial charge in [-0.15, -0.1) is 0 Å². The summed E-state index contributed by atoms with van der Waals surface area (Å²) in [5.41, 5.74) is 7.65. The van der Waals surface area contributed by atoms with E-state index in [0.29, 0.717) is 27.8 Å². The van der Waals surface area contributed by atoms with Gasteiger partial charge in [0, 0.05) is 18.0 Å². The van der Waals surface area contributed by atoms with Crippen molar-refractivity contribution >= 4 is 17.3 Å². The van der Waals surface area contributed by atoms with Crippen molar-refractivity contribution in [3.8, 4) is 23.3 Å². The van der Waals surface area contributed by atoms with E-state index in [1.54, 1.807) is 18.5 Å². The molecule has 2 aromatic rings. The van der Waals surface area contributed by atoms with Gasteiger partial charge < -0.3 is 15.2 Å². The van der Waals surface area contributed by atoms with Crippen molar-refractivity contribution in [1.29, 1.82) is 0 Å². The summed E-state index contributed by atoms with van der Waals surface area (Å²) in [6, 6.07) is 5.37. The molecule has 2 heterocycles. The first-order valence-corrected chi connectivity index (χ1v) is 5.93. The van der Waals surface area contributed by atoms with Gasteiger partial charge in [0.25, 0.3) is 0 Å². The summed E-state index contributed by atoms with van der Waals surface area (Å²) in [7, 11) is 0. The average molecular weight is 273 g/mol. The van der Waals surface area contributed by atoms with Gasteiger partial charge in [-0.25, -0.2) is 0 Å². The second-order valence-electron chi connectivity index (χ2n) is 3.88. The van der Waals surface area contributed by atoms with Gasteiger partial charge in [0.2, 0.25) is 6.79 Å². The Morgan fingerprint density at radius 1 is 1.26 bits per heavy atom. The summed E-state index contributed by atoms with van der Waals surface area (Å²) in [5.74, 6) is 6.99. The topological polar surface area (TPSA) is 57.4 Å². The number of fused-ring (bicyclic) bond motifs is 1. The highest BCUT2D eigenvalue weighted by atomic mass is 35.5. The number of hydrogen-bond donors (Lipinski definition) is 1. The number of benzene rings is 1. The molecular formula is C14H9ClN2O2. The molecule has 0 saturated carbocycles. The number of pyridine rings is 1. The maximum atomic E-state index is 6.04. The monoisotopic (exact) mass is 272 g/mol. The highest BCUT2D eigenvalue weighted by Gasteiger charge is 2.22. The van der Waals surface area contributed by atoms with E-state index in [2.05, 4.69) is 16.8 Å². The maximum Gasteiger partial charge on any atom is 0.231 e. The summed E-state index contributed by atoms with van der Waals surface area (Å²) < 4.78 is 10.7. The number of nitrogen functional groups attached to an aromatic ring is 1. The zero-order chi connectivity index (χ0) is 13.2. The molecule has 0 amide bonds. The lowest BCUT2D eigenvalue weighted by molar-refractivity contribution is 0.174. The molecule has 1 aromatic carbocycles. The number of nitrogens with zero attached hydrogens (tertiary/aromatic N) is 1. The van der Waals surface area contributed by atoms with Crippen LogP contribution < -0.4 is 15.2 Å². The van der Waals surface area contributed by atoms with E-state index in [1.807, 2.05) is 12.1 Å². The van der Waals surface area contributed by atoms with E-state index >= 15 is 0 Å². The van der Waals surface area contributed by atoms with Crippen LogP contribution in [0.4, 0.5) is 5.69 Å². The van der Waals surface area contributed by atoms with Crippen LogP contribution in [0.2, 0.25) is 5.02 Å². The Bertz CT molecular complexity index is 690. The molecule has 5 heteroatoms. The predicted octanol–water partition coefficient (Wildman–Crippen LogP) is 2.45. The summed E-state index contributed by atoms with van der Waals surface area (Å²) in [4.78, 5) is 4.00. The molecule has 0 spiro atoms. The highest BCUT2D eigenvalue weighted by molar-refractivity contribution is 6.33. The van der Waals surface area contributed by atoms with E-state index in [1.165, 1.54) is 0 Å². The van der Waals surface area contributed by atoms with Gasteiger partial charge in [0.1, 0.15) is 0 Å². The minimum Gasteiger partial charge on any atom is -0.452 e. The third-order valence-corrected chi connectivity index (χ3v) is 2.95. The molecule has 2 N–H and O–H groups in total. The number of nitrogens with two attached hydrogens (primary N) is 1. The SMILES string of the molecule is Nc1c(Cl)cc(C#Cc2cccnc2)c2c1OCO2. The first-order valence-electron chi connectivity index (χ1n) is 5.55. The van der Waals surface area contributed by atoms with Crippen LogP contribution in [0.1, 0.15) is 11.1 Å². The zero-order valence-electron chi connectivity index (χ0n) is 9.81. The van der Waals surface area contributed by atoms with Gasteiger partial charge in [-0.3, -0.25) is 4.98 Å². The van der Waals surface area contributed by atoms with Gasteiger partial charge in [-0.05, 0) is 18.2 Å². The van der Waals surface area contributed by atoms with Crippen LogP contribution in [0.5, 0.6) is 11.5 Å². The first-order chi connectivity index (χ1) is 9.25. The van der Waals surface area contributed by atoms with Crippen molar-refractivity contribution in [3.05, 3.63) is 46.7 Å². The molecule has 19 heavy (non-hydrogen) atoms. The third-order valence-electron chi connectivity index (χ3n) is 2.63. The number of hydrogen-bond acceptors (Lipinski definition) is 4. The molecule has 1 aliphatic rings. The first kappa shape index (κ1) is 11.7. The Labute approximate surface area is 115 Å². The standard InChI is InChI=1S/C14H9ClN2O2/c15-11-6-10(4-3-9-2-1-5-17-7-9)13-14(12(11)16)19-8-18-13/h1-2,5-7H,8,16H2. The molecule has 1 aromatic heterocycles. The van der Waals surface area contributed by atoms with Gasteiger partial charge in [-0.2, -0.15) is 0 Å². The number of ether oxygens (including phenoxy) is 2. The van der Waals surface area contributed by atoms with E-state index in [9.17, 15) is 0 Å². The lowest BCUT2D eigenvalue weighted by Crippen LogP contribution is -1.94. The molecule has 0 saturated heterocycles. The van der Waals surface area contributed by atoms with E-state index in [0.717, 1.165) is 5.56 Å². The molecule has 3 rings (SSSR count). The summed E-state index contributed by atoms with van der Waals surface area (Å²) >= 11 is 6.04. The second kappa shape index (κ2) is 4.71. The van der Waals surface area contributed by atoms with Crippen LogP contribution in [0.25, 0.3) is 0 Å². The van der Waals surface area contributed by atoms with Crippen molar-refractivity contribution in [2.75, 3.05) is 12.5 Å². The highest BCUT2D eigenvalue weighted by Crippen LogP contribution is 2.44. The maximum absolute atomic E-state index is 6.04. The Balaban J connectivity index is 2.06. The molecular weight excluding hydrogens is 264 g/mol. The summed E-state index contributed by atoms with van der Waals surface area (Å²) in [5, 5.41) is 0.403. The van der Waals surface area contributed by atoms with Crippen LogP contribution in [0.15, 0.2) is 30.6 Å². The fraction of sp³-hybridized carbons (Fsp3) is 0.0714. The normalized spacial score (nSPS) is 11.8. The molecule has 94 valence electrons. The number of anilines is 1. The molecule has 0 atom stereocenters. The van der Waals surface area contributed by atoms with Crippen molar-refractivity contribution in [2.45, 2.75) is 0 Å². The van der Waals surface area contributed by atoms with Crippen LogP contribution in [0.3, 0.4) is 0 Å². The average Bonchev–Trinajstić information content (AvgIpc) is 2.92. The fourth-order valence-electron chi connectivity index (χ4n) is 1.73. The van der Waals surface area contributed by atoms with Crippen molar-refractivity contribution < 1.29 is 9.47 Å². The number of rotatable bonds is 0. The Morgan fingerprint density at radius 3 is 2.89 bits per heavy atom. The molecule has 0 radical (unpaired) electrons. The third kappa shape index (κ3) is 2.16. The molecule has 4 nitrogen and oxygen atoms in total. The predicted molar refractivity (Wildman–Crippen MR) is 72.2 cm³/mol. The Kier molecular flexibility index (Phi) is 2.90. The molecule has 0 bridgehead atoms. The minimum atomic E-state index is 0.126. The largest absolute Gasteiger partial charge is 0.452 e. The van der Waals surface area contributed by atoms with Gasteiger partial charge in [-0.1, -0.05) is 23.4 Å². The van der Waals surface area contributed by atoms with Crippen LogP contribution in [-0.4, -0.2) is 11.8 Å². The smallest absolute Gasteiger partial charge is 0.231 e. The fourth-order valence-corrected chi connectivity index (χ4v) is 1.92. The van der Waals surface area contributed by atoms with Crippen molar-refractivity contribution in [2.24, 2.45) is 0 Å². The Hall–Kier alpha value is -2.38. The molecule has 0 fully saturated rings. The summed E-state index contributed by atoms with van der Waals surface area (Å²) in [6.07, 6.45) is 3.38.